The van der Waals surface area contributed by atoms with Gasteiger partial charge in [0.2, 0.25) is 0 Å². The Hall–Kier alpha value is -1.45. The molecule has 0 saturated carbocycles. The van der Waals surface area contributed by atoms with E-state index in [1.54, 1.807) is 12.3 Å². The molecular formula is C13H11ClFNO. The number of benzene rings is 1. The highest BCUT2D eigenvalue weighted by atomic mass is 35.5. The number of hydrogen-bond acceptors (Lipinski definition) is 2. The van der Waals surface area contributed by atoms with E-state index in [4.69, 9.17) is 11.6 Å². The first kappa shape index (κ1) is 12.0. The summed E-state index contributed by atoms with van der Waals surface area (Å²) >= 11 is 5.79. The molecule has 0 aliphatic carbocycles. The Bertz CT molecular complexity index is 545. The van der Waals surface area contributed by atoms with Crippen LogP contribution in [0.15, 0.2) is 36.7 Å². The molecule has 2 aromatic rings. The zero-order chi connectivity index (χ0) is 12.4. The maximum absolute atomic E-state index is 13.6. The van der Waals surface area contributed by atoms with Crippen molar-refractivity contribution in [2.45, 2.75) is 13.0 Å². The van der Waals surface area contributed by atoms with Gasteiger partial charge in [-0.15, -0.1) is 0 Å². The zero-order valence-electron chi connectivity index (χ0n) is 9.19. The fourth-order valence-corrected chi connectivity index (χ4v) is 1.83. The largest absolute Gasteiger partial charge is 0.383 e. The predicted octanol–water partition coefficient (Wildman–Crippen LogP) is 3.26. The number of halogens is 2. The van der Waals surface area contributed by atoms with E-state index in [2.05, 4.69) is 4.98 Å². The first-order valence-corrected chi connectivity index (χ1v) is 5.51. The Morgan fingerprint density at radius 2 is 2.06 bits per heavy atom. The van der Waals surface area contributed by atoms with Crippen LogP contribution in [0.2, 0.25) is 5.02 Å². The molecule has 2 rings (SSSR count). The van der Waals surface area contributed by atoms with Gasteiger partial charge >= 0.3 is 0 Å². The van der Waals surface area contributed by atoms with Crippen LogP contribution in [0.25, 0.3) is 0 Å². The van der Waals surface area contributed by atoms with Crippen molar-refractivity contribution in [1.29, 1.82) is 0 Å². The molecule has 0 aliphatic heterocycles. The topological polar surface area (TPSA) is 33.1 Å². The summed E-state index contributed by atoms with van der Waals surface area (Å²) in [6.45, 7) is 1.84. The molecule has 2 nitrogen and oxygen atoms in total. The number of aliphatic hydroxyl groups is 1. The summed E-state index contributed by atoms with van der Waals surface area (Å²) in [5, 5.41) is 10.5. The number of pyridine rings is 1. The van der Waals surface area contributed by atoms with Crippen molar-refractivity contribution in [1.82, 2.24) is 4.98 Å². The van der Waals surface area contributed by atoms with Gasteiger partial charge in [0.25, 0.3) is 0 Å². The molecule has 1 N–H and O–H groups in total. The van der Waals surface area contributed by atoms with Gasteiger partial charge in [0.15, 0.2) is 0 Å². The molecule has 17 heavy (non-hydrogen) atoms. The van der Waals surface area contributed by atoms with Crippen molar-refractivity contribution < 1.29 is 9.50 Å². The van der Waals surface area contributed by atoms with Gasteiger partial charge in [-0.2, -0.15) is 0 Å². The summed E-state index contributed by atoms with van der Waals surface area (Å²) in [6, 6.07) is 5.88. The Labute approximate surface area is 104 Å². The van der Waals surface area contributed by atoms with E-state index in [0.29, 0.717) is 10.6 Å². The molecule has 88 valence electrons. The van der Waals surface area contributed by atoms with E-state index in [-0.39, 0.29) is 5.56 Å². The van der Waals surface area contributed by atoms with Crippen LogP contribution in [-0.4, -0.2) is 10.1 Å². The lowest BCUT2D eigenvalue weighted by atomic mass is 9.99. The number of nitrogens with zero attached hydrogens (tertiary/aromatic N) is 1. The summed E-state index contributed by atoms with van der Waals surface area (Å²) in [5.74, 6) is -0.481. The van der Waals surface area contributed by atoms with Gasteiger partial charge in [0, 0.05) is 28.5 Å². The van der Waals surface area contributed by atoms with Crippen molar-refractivity contribution in [3.8, 4) is 0 Å². The molecule has 1 aromatic heterocycles. The third-order valence-corrected chi connectivity index (χ3v) is 2.86. The standard InChI is InChI=1S/C13H11ClFNO/c1-8-4-5-16-7-11(8)13(17)10-6-9(14)2-3-12(10)15/h2-7,13,17H,1H3. The van der Waals surface area contributed by atoms with Crippen LogP contribution in [0.3, 0.4) is 0 Å². The monoisotopic (exact) mass is 251 g/mol. The van der Waals surface area contributed by atoms with E-state index in [1.807, 2.05) is 6.92 Å². The van der Waals surface area contributed by atoms with Gasteiger partial charge in [-0.1, -0.05) is 11.6 Å². The fraction of sp³-hybridized carbons (Fsp3) is 0.154. The molecule has 0 radical (unpaired) electrons. The minimum atomic E-state index is -1.05. The van der Waals surface area contributed by atoms with E-state index in [0.717, 1.165) is 5.56 Å². The molecular weight excluding hydrogens is 241 g/mol. The normalized spacial score (nSPS) is 12.5. The van der Waals surface area contributed by atoms with E-state index in [9.17, 15) is 9.50 Å². The fourth-order valence-electron chi connectivity index (χ4n) is 1.65. The molecule has 1 atom stereocenters. The van der Waals surface area contributed by atoms with Crippen molar-refractivity contribution in [3.05, 3.63) is 64.2 Å². The Morgan fingerprint density at radius 1 is 1.29 bits per heavy atom. The number of aliphatic hydroxyl groups excluding tert-OH is 1. The molecule has 1 heterocycles. The minimum Gasteiger partial charge on any atom is -0.383 e. The van der Waals surface area contributed by atoms with Crippen LogP contribution < -0.4 is 0 Å². The maximum atomic E-state index is 13.6. The van der Waals surface area contributed by atoms with Gasteiger partial charge in [-0.05, 0) is 36.8 Å². The molecule has 0 fully saturated rings. The lowest BCUT2D eigenvalue weighted by Crippen LogP contribution is -2.05. The van der Waals surface area contributed by atoms with Crippen molar-refractivity contribution in [2.75, 3.05) is 0 Å². The Kier molecular flexibility index (Phi) is 3.41. The molecule has 0 spiro atoms. The van der Waals surface area contributed by atoms with Gasteiger partial charge in [-0.3, -0.25) is 4.98 Å². The lowest BCUT2D eigenvalue weighted by molar-refractivity contribution is 0.214. The van der Waals surface area contributed by atoms with Gasteiger partial charge in [0.1, 0.15) is 11.9 Å². The predicted molar refractivity (Wildman–Crippen MR) is 64.4 cm³/mol. The van der Waals surface area contributed by atoms with Crippen molar-refractivity contribution in [3.63, 3.8) is 0 Å². The second-order valence-corrected chi connectivity index (χ2v) is 4.24. The van der Waals surface area contributed by atoms with Crippen molar-refractivity contribution >= 4 is 11.6 Å². The highest BCUT2D eigenvalue weighted by Gasteiger charge is 2.17. The second kappa shape index (κ2) is 4.82. The smallest absolute Gasteiger partial charge is 0.129 e. The second-order valence-electron chi connectivity index (χ2n) is 3.80. The summed E-state index contributed by atoms with van der Waals surface area (Å²) in [6.07, 6.45) is 2.10. The summed E-state index contributed by atoms with van der Waals surface area (Å²) < 4.78 is 13.6. The third-order valence-electron chi connectivity index (χ3n) is 2.63. The number of aryl methyl sites for hydroxylation is 1. The van der Waals surface area contributed by atoms with E-state index >= 15 is 0 Å². The lowest BCUT2D eigenvalue weighted by Gasteiger charge is -2.14. The van der Waals surface area contributed by atoms with Crippen LogP contribution >= 0.6 is 11.6 Å². The average Bonchev–Trinajstić information content (AvgIpc) is 2.32. The first-order chi connectivity index (χ1) is 8.09. The van der Waals surface area contributed by atoms with E-state index < -0.39 is 11.9 Å². The van der Waals surface area contributed by atoms with Crippen molar-refractivity contribution in [2.24, 2.45) is 0 Å². The van der Waals surface area contributed by atoms with Crippen LogP contribution in [0.4, 0.5) is 4.39 Å². The molecule has 0 saturated heterocycles. The number of aromatic nitrogens is 1. The van der Waals surface area contributed by atoms with Crippen LogP contribution in [0.5, 0.6) is 0 Å². The Morgan fingerprint density at radius 3 is 2.76 bits per heavy atom. The number of rotatable bonds is 2. The van der Waals surface area contributed by atoms with Gasteiger partial charge < -0.3 is 5.11 Å². The first-order valence-electron chi connectivity index (χ1n) is 5.13. The molecule has 1 aromatic carbocycles. The quantitative estimate of drug-likeness (QED) is 0.889. The van der Waals surface area contributed by atoms with Crippen LogP contribution in [0, 0.1) is 12.7 Å². The SMILES string of the molecule is Cc1ccncc1C(O)c1cc(Cl)ccc1F. The minimum absolute atomic E-state index is 0.161. The summed E-state index contributed by atoms with van der Waals surface area (Å²) in [4.78, 5) is 3.93. The third kappa shape index (κ3) is 2.46. The van der Waals surface area contributed by atoms with Gasteiger partial charge in [-0.25, -0.2) is 4.39 Å². The zero-order valence-corrected chi connectivity index (χ0v) is 9.95. The van der Waals surface area contributed by atoms with Gasteiger partial charge in [0.05, 0.1) is 0 Å². The molecule has 1 unspecified atom stereocenters. The highest BCUT2D eigenvalue weighted by Crippen LogP contribution is 2.27. The highest BCUT2D eigenvalue weighted by molar-refractivity contribution is 6.30. The van der Waals surface area contributed by atoms with Crippen LogP contribution in [0.1, 0.15) is 22.8 Å². The van der Waals surface area contributed by atoms with Crippen LogP contribution in [-0.2, 0) is 0 Å². The number of hydrogen-bond donors (Lipinski definition) is 1. The molecule has 0 bridgehead atoms. The average molecular weight is 252 g/mol. The molecule has 0 amide bonds. The Balaban J connectivity index is 2.47. The van der Waals surface area contributed by atoms with E-state index in [1.165, 1.54) is 24.4 Å². The maximum Gasteiger partial charge on any atom is 0.129 e. The summed E-state index contributed by atoms with van der Waals surface area (Å²) in [5.41, 5.74) is 1.59. The molecule has 0 aliphatic rings. The summed E-state index contributed by atoms with van der Waals surface area (Å²) in [7, 11) is 0. The molecule has 4 heteroatoms.